The summed E-state index contributed by atoms with van der Waals surface area (Å²) in [4.78, 5) is 19.8. The molecule has 2 aliphatic heterocycles. The van der Waals surface area contributed by atoms with Gasteiger partial charge in [-0.3, -0.25) is 9.36 Å². The number of halogens is 1. The highest BCUT2D eigenvalue weighted by molar-refractivity contribution is 7.90. The van der Waals surface area contributed by atoms with Crippen LogP contribution in [0.5, 0.6) is 0 Å². The van der Waals surface area contributed by atoms with E-state index >= 15 is 0 Å². The van der Waals surface area contributed by atoms with Crippen LogP contribution in [0.15, 0.2) is 67.6 Å². The van der Waals surface area contributed by atoms with Crippen LogP contribution in [0.2, 0.25) is 5.02 Å². The van der Waals surface area contributed by atoms with E-state index in [9.17, 15) is 13.2 Å². The first-order chi connectivity index (χ1) is 13.9. The largest absolute Gasteiger partial charge is 0.317 e. The molecule has 0 aliphatic carbocycles. The maximum Gasteiger partial charge on any atom is 0.285 e. The van der Waals surface area contributed by atoms with Crippen molar-refractivity contribution in [2.24, 2.45) is 9.39 Å². The second kappa shape index (κ2) is 6.65. The molecular formula is C19H13ClN4O3S2. The highest BCUT2D eigenvalue weighted by Crippen LogP contribution is 2.27. The second-order valence-corrected chi connectivity index (χ2v) is 9.56. The van der Waals surface area contributed by atoms with E-state index in [4.69, 9.17) is 11.6 Å². The van der Waals surface area contributed by atoms with Crippen LogP contribution in [0.3, 0.4) is 0 Å². The van der Waals surface area contributed by atoms with E-state index in [1.54, 1.807) is 41.3 Å². The predicted octanol–water partition coefficient (Wildman–Crippen LogP) is 1.39. The Labute approximate surface area is 174 Å². The topological polar surface area (TPSA) is 84.1 Å². The molecule has 5 rings (SSSR count). The molecular weight excluding hydrogens is 432 g/mol. The van der Waals surface area contributed by atoms with Crippen LogP contribution >= 0.6 is 22.9 Å². The number of rotatable bonds is 1. The number of benzene rings is 2. The normalized spacial score (nSPS) is 17.5. The summed E-state index contributed by atoms with van der Waals surface area (Å²) >= 11 is 7.21. The van der Waals surface area contributed by atoms with Gasteiger partial charge in [-0.2, -0.15) is 8.42 Å². The van der Waals surface area contributed by atoms with Gasteiger partial charge in [-0.05, 0) is 35.9 Å². The molecule has 7 nitrogen and oxygen atoms in total. The molecule has 0 unspecified atom stereocenters. The fourth-order valence-corrected chi connectivity index (χ4v) is 5.59. The van der Waals surface area contributed by atoms with Crippen molar-refractivity contribution in [1.82, 2.24) is 9.47 Å². The quantitative estimate of drug-likeness (QED) is 0.567. The van der Waals surface area contributed by atoms with E-state index in [-0.39, 0.29) is 23.8 Å². The third-order valence-electron chi connectivity index (χ3n) is 4.66. The highest BCUT2D eigenvalue weighted by atomic mass is 35.5. The molecule has 0 saturated heterocycles. The Morgan fingerprint density at radius 1 is 1.10 bits per heavy atom. The van der Waals surface area contributed by atoms with E-state index < -0.39 is 10.0 Å². The minimum absolute atomic E-state index is 0.176. The SMILES string of the molecule is O=c1/c(=C\c2ccc(Cl)cc2)sc2n1CN(C1=NS(=O)(=O)c3ccccc31)CN=2. The number of fused-ring (bicyclic) bond motifs is 2. The van der Waals surface area contributed by atoms with Crippen molar-refractivity contribution < 1.29 is 8.42 Å². The number of aromatic nitrogens is 1. The van der Waals surface area contributed by atoms with Crippen LogP contribution < -0.4 is 14.9 Å². The Bertz CT molecular complexity index is 1450. The molecule has 0 saturated carbocycles. The van der Waals surface area contributed by atoms with Crippen LogP contribution in [0, 0.1) is 0 Å². The Morgan fingerprint density at radius 3 is 2.66 bits per heavy atom. The predicted molar refractivity (Wildman–Crippen MR) is 111 cm³/mol. The lowest BCUT2D eigenvalue weighted by Gasteiger charge is -2.25. The molecule has 3 heterocycles. The zero-order valence-electron chi connectivity index (χ0n) is 14.8. The van der Waals surface area contributed by atoms with Gasteiger partial charge in [-0.25, -0.2) is 4.99 Å². The molecule has 1 aromatic heterocycles. The third-order valence-corrected chi connectivity index (χ3v) is 7.28. The summed E-state index contributed by atoms with van der Waals surface area (Å²) in [5, 5.41) is 0.627. The number of hydrogen-bond donors (Lipinski definition) is 0. The molecule has 29 heavy (non-hydrogen) atoms. The summed E-state index contributed by atoms with van der Waals surface area (Å²) in [5.41, 5.74) is 1.22. The van der Waals surface area contributed by atoms with Crippen molar-refractivity contribution in [1.29, 1.82) is 0 Å². The minimum Gasteiger partial charge on any atom is -0.317 e. The van der Waals surface area contributed by atoms with Crippen LogP contribution in [-0.2, 0) is 16.7 Å². The van der Waals surface area contributed by atoms with Crippen LogP contribution in [-0.4, -0.2) is 30.4 Å². The Kier molecular flexibility index (Phi) is 4.19. The van der Waals surface area contributed by atoms with Crippen molar-refractivity contribution >= 4 is 44.9 Å². The molecule has 0 radical (unpaired) electrons. The fraction of sp³-hybridized carbons (Fsp3) is 0.105. The molecule has 0 N–H and O–H groups in total. The summed E-state index contributed by atoms with van der Waals surface area (Å²) < 4.78 is 30.7. The molecule has 2 aliphatic rings. The monoisotopic (exact) mass is 444 g/mol. The van der Waals surface area contributed by atoms with Gasteiger partial charge in [0.25, 0.3) is 15.6 Å². The van der Waals surface area contributed by atoms with E-state index in [1.807, 2.05) is 12.1 Å². The second-order valence-electron chi connectivity index (χ2n) is 6.54. The van der Waals surface area contributed by atoms with Gasteiger partial charge in [0.2, 0.25) is 0 Å². The first-order valence-corrected chi connectivity index (χ1v) is 11.3. The summed E-state index contributed by atoms with van der Waals surface area (Å²) in [6, 6.07) is 13.9. The summed E-state index contributed by atoms with van der Waals surface area (Å²) in [5.74, 6) is 0.316. The zero-order chi connectivity index (χ0) is 20.2. The van der Waals surface area contributed by atoms with Gasteiger partial charge in [-0.15, -0.1) is 4.40 Å². The smallest absolute Gasteiger partial charge is 0.285 e. The average molecular weight is 445 g/mol. The van der Waals surface area contributed by atoms with Gasteiger partial charge in [0.15, 0.2) is 10.6 Å². The third kappa shape index (κ3) is 3.11. The van der Waals surface area contributed by atoms with Gasteiger partial charge in [0.1, 0.15) is 18.2 Å². The van der Waals surface area contributed by atoms with E-state index in [1.165, 1.54) is 22.0 Å². The van der Waals surface area contributed by atoms with Gasteiger partial charge < -0.3 is 4.90 Å². The van der Waals surface area contributed by atoms with Crippen molar-refractivity contribution in [3.05, 3.63) is 84.4 Å². The Morgan fingerprint density at radius 2 is 1.86 bits per heavy atom. The highest BCUT2D eigenvalue weighted by Gasteiger charge is 2.32. The standard InChI is InChI=1S/C19H13ClN4O3S2/c20-13-7-5-12(6-8-13)9-15-18(25)24-11-23(10-21-19(24)28-15)17-14-3-1-2-4-16(14)29(26,27)22-17/h1-9H,10-11H2/b15-9+. The lowest BCUT2D eigenvalue weighted by molar-refractivity contribution is 0.313. The molecule has 2 aromatic carbocycles. The van der Waals surface area contributed by atoms with Crippen molar-refractivity contribution in [3.63, 3.8) is 0 Å². The van der Waals surface area contributed by atoms with Gasteiger partial charge in [-0.1, -0.05) is 47.2 Å². The summed E-state index contributed by atoms with van der Waals surface area (Å²) in [7, 11) is -3.73. The first kappa shape index (κ1) is 18.3. The molecule has 10 heteroatoms. The molecule has 0 amide bonds. The van der Waals surface area contributed by atoms with Crippen LogP contribution in [0.25, 0.3) is 6.08 Å². The Hall–Kier alpha value is -2.75. The molecule has 3 aromatic rings. The Balaban J connectivity index is 1.54. The maximum atomic E-state index is 12.9. The summed E-state index contributed by atoms with van der Waals surface area (Å²) in [6.45, 7) is 0.411. The molecule has 0 fully saturated rings. The number of nitrogens with zero attached hydrogens (tertiary/aromatic N) is 4. The molecule has 146 valence electrons. The van der Waals surface area contributed by atoms with Crippen molar-refractivity contribution in [2.75, 3.05) is 6.67 Å². The van der Waals surface area contributed by atoms with Crippen LogP contribution in [0.4, 0.5) is 0 Å². The zero-order valence-corrected chi connectivity index (χ0v) is 17.2. The number of thiazole rings is 1. The first-order valence-electron chi connectivity index (χ1n) is 8.63. The lowest BCUT2D eigenvalue weighted by atomic mass is 10.2. The van der Waals surface area contributed by atoms with Crippen molar-refractivity contribution in [2.45, 2.75) is 11.6 Å². The lowest BCUT2D eigenvalue weighted by Crippen LogP contribution is -2.45. The molecule has 0 atom stereocenters. The fourth-order valence-electron chi connectivity index (χ4n) is 3.27. The average Bonchev–Trinajstić information content (AvgIpc) is 3.17. The van der Waals surface area contributed by atoms with Crippen molar-refractivity contribution in [3.8, 4) is 0 Å². The van der Waals surface area contributed by atoms with E-state index in [0.717, 1.165) is 5.56 Å². The number of sulfonamides is 1. The van der Waals surface area contributed by atoms with E-state index in [2.05, 4.69) is 9.39 Å². The molecule has 0 bridgehead atoms. The van der Waals surface area contributed by atoms with E-state index in [0.29, 0.717) is 25.8 Å². The molecule has 0 spiro atoms. The van der Waals surface area contributed by atoms with Gasteiger partial charge in [0.05, 0.1) is 4.53 Å². The summed E-state index contributed by atoms with van der Waals surface area (Å²) in [6.07, 6.45) is 1.79. The van der Waals surface area contributed by atoms with Gasteiger partial charge in [0, 0.05) is 10.6 Å². The van der Waals surface area contributed by atoms with Crippen LogP contribution in [0.1, 0.15) is 11.1 Å². The van der Waals surface area contributed by atoms with Gasteiger partial charge >= 0.3 is 0 Å². The number of amidine groups is 1. The minimum atomic E-state index is -3.73. The maximum absolute atomic E-state index is 12.9. The number of hydrogen-bond acceptors (Lipinski definition) is 6.